The Morgan fingerprint density at radius 3 is 2.59 bits per heavy atom. The zero-order valence-corrected chi connectivity index (χ0v) is 10.0. The first-order valence-electron chi connectivity index (χ1n) is 5.75. The standard InChI is InChI=1S/C13H16N2O2/c1-9(11-6-4-3-5-7-11)15-10(2)13(17)14-8-12(15)16/h3-7,9-10H,8H2,1-2H3,(H,14,17). The van der Waals surface area contributed by atoms with Gasteiger partial charge in [0.1, 0.15) is 6.04 Å². The number of hydrogen-bond donors (Lipinski definition) is 1. The van der Waals surface area contributed by atoms with Crippen molar-refractivity contribution in [3.05, 3.63) is 35.9 Å². The Hall–Kier alpha value is -1.84. The van der Waals surface area contributed by atoms with Crippen molar-refractivity contribution < 1.29 is 9.59 Å². The van der Waals surface area contributed by atoms with Crippen molar-refractivity contribution in [3.8, 4) is 0 Å². The fourth-order valence-electron chi connectivity index (χ4n) is 2.19. The molecule has 0 aromatic heterocycles. The minimum absolute atomic E-state index is 0.0338. The van der Waals surface area contributed by atoms with Crippen LogP contribution in [0.3, 0.4) is 0 Å². The summed E-state index contributed by atoms with van der Waals surface area (Å²) in [6, 6.07) is 9.26. The Labute approximate surface area is 101 Å². The first-order chi connectivity index (χ1) is 8.11. The maximum Gasteiger partial charge on any atom is 0.243 e. The Bertz CT molecular complexity index is 430. The van der Waals surface area contributed by atoms with E-state index < -0.39 is 6.04 Å². The van der Waals surface area contributed by atoms with Crippen LogP contribution in [0.1, 0.15) is 25.5 Å². The summed E-state index contributed by atoms with van der Waals surface area (Å²) in [7, 11) is 0. The van der Waals surface area contributed by atoms with Crippen molar-refractivity contribution in [2.45, 2.75) is 25.9 Å². The van der Waals surface area contributed by atoms with E-state index in [9.17, 15) is 9.59 Å². The quantitative estimate of drug-likeness (QED) is 0.830. The Morgan fingerprint density at radius 1 is 1.29 bits per heavy atom. The highest BCUT2D eigenvalue weighted by molar-refractivity contribution is 5.94. The summed E-state index contributed by atoms with van der Waals surface area (Å²) in [4.78, 5) is 25.1. The van der Waals surface area contributed by atoms with Crippen molar-refractivity contribution in [3.63, 3.8) is 0 Å². The summed E-state index contributed by atoms with van der Waals surface area (Å²) in [5.74, 6) is -0.124. The molecule has 1 N–H and O–H groups in total. The number of benzene rings is 1. The lowest BCUT2D eigenvalue weighted by molar-refractivity contribution is -0.147. The molecule has 17 heavy (non-hydrogen) atoms. The molecule has 0 aliphatic carbocycles. The number of carbonyl (C=O) groups is 2. The van der Waals surface area contributed by atoms with Gasteiger partial charge in [-0.25, -0.2) is 0 Å². The van der Waals surface area contributed by atoms with Gasteiger partial charge in [0, 0.05) is 0 Å². The van der Waals surface area contributed by atoms with E-state index in [0.717, 1.165) is 5.56 Å². The van der Waals surface area contributed by atoms with Crippen LogP contribution in [0.4, 0.5) is 0 Å². The molecule has 1 aliphatic heterocycles. The molecule has 2 rings (SSSR count). The molecule has 0 radical (unpaired) electrons. The normalized spacial score (nSPS) is 22.2. The van der Waals surface area contributed by atoms with Crippen molar-refractivity contribution in [2.75, 3.05) is 6.54 Å². The number of carbonyl (C=O) groups excluding carboxylic acids is 2. The molecule has 1 saturated heterocycles. The van der Waals surface area contributed by atoms with Crippen molar-refractivity contribution in [1.29, 1.82) is 0 Å². The zero-order chi connectivity index (χ0) is 12.4. The van der Waals surface area contributed by atoms with Gasteiger partial charge in [-0.1, -0.05) is 30.3 Å². The third-order valence-corrected chi connectivity index (χ3v) is 3.20. The van der Waals surface area contributed by atoms with E-state index in [2.05, 4.69) is 5.32 Å². The molecule has 2 amide bonds. The molecule has 4 nitrogen and oxygen atoms in total. The van der Waals surface area contributed by atoms with Crippen LogP contribution in [-0.2, 0) is 9.59 Å². The second kappa shape index (κ2) is 4.57. The van der Waals surface area contributed by atoms with Crippen molar-refractivity contribution in [2.24, 2.45) is 0 Å². The predicted molar refractivity (Wildman–Crippen MR) is 64.2 cm³/mol. The fraction of sp³-hybridized carbons (Fsp3) is 0.385. The van der Waals surface area contributed by atoms with Gasteiger partial charge in [-0.15, -0.1) is 0 Å². The third-order valence-electron chi connectivity index (χ3n) is 3.20. The summed E-state index contributed by atoms with van der Waals surface area (Å²) in [6.45, 7) is 3.80. The van der Waals surface area contributed by atoms with Gasteiger partial charge in [-0.2, -0.15) is 0 Å². The largest absolute Gasteiger partial charge is 0.345 e. The minimum Gasteiger partial charge on any atom is -0.345 e. The van der Waals surface area contributed by atoms with E-state index in [1.807, 2.05) is 37.3 Å². The maximum atomic E-state index is 11.9. The van der Waals surface area contributed by atoms with Crippen molar-refractivity contribution >= 4 is 11.8 Å². The number of piperazine rings is 1. The monoisotopic (exact) mass is 232 g/mol. The topological polar surface area (TPSA) is 49.4 Å². The molecule has 0 bridgehead atoms. The van der Waals surface area contributed by atoms with Crippen LogP contribution in [0.15, 0.2) is 30.3 Å². The highest BCUT2D eigenvalue weighted by Crippen LogP contribution is 2.23. The molecule has 90 valence electrons. The molecular formula is C13H16N2O2. The number of nitrogens with one attached hydrogen (secondary N) is 1. The van der Waals surface area contributed by atoms with Gasteiger partial charge in [0.05, 0.1) is 12.6 Å². The summed E-state index contributed by atoms with van der Waals surface area (Å²) >= 11 is 0. The molecule has 1 aromatic carbocycles. The van der Waals surface area contributed by atoms with Gasteiger partial charge in [0.25, 0.3) is 0 Å². The number of nitrogens with zero attached hydrogens (tertiary/aromatic N) is 1. The molecule has 2 atom stereocenters. The van der Waals surface area contributed by atoms with Gasteiger partial charge < -0.3 is 10.2 Å². The molecule has 1 fully saturated rings. The summed E-state index contributed by atoms with van der Waals surface area (Å²) in [5, 5.41) is 2.59. The average molecular weight is 232 g/mol. The van der Waals surface area contributed by atoms with Gasteiger partial charge in [0.15, 0.2) is 0 Å². The second-order valence-electron chi connectivity index (χ2n) is 4.28. The number of amides is 2. The first-order valence-corrected chi connectivity index (χ1v) is 5.75. The molecule has 1 aromatic rings. The molecule has 2 unspecified atom stereocenters. The van der Waals surface area contributed by atoms with E-state index >= 15 is 0 Å². The smallest absolute Gasteiger partial charge is 0.243 e. The highest BCUT2D eigenvalue weighted by Gasteiger charge is 2.34. The second-order valence-corrected chi connectivity index (χ2v) is 4.28. The van der Waals surface area contributed by atoms with Crippen molar-refractivity contribution in [1.82, 2.24) is 10.2 Å². The third kappa shape index (κ3) is 2.16. The lowest BCUT2D eigenvalue weighted by Crippen LogP contribution is -2.57. The van der Waals surface area contributed by atoms with Crippen LogP contribution in [0, 0.1) is 0 Å². The predicted octanol–water partition coefficient (Wildman–Crippen LogP) is 1.09. The van der Waals surface area contributed by atoms with E-state index in [1.54, 1.807) is 11.8 Å². The van der Waals surface area contributed by atoms with E-state index in [-0.39, 0.29) is 24.4 Å². The van der Waals surface area contributed by atoms with E-state index in [0.29, 0.717) is 0 Å². The highest BCUT2D eigenvalue weighted by atomic mass is 16.2. The van der Waals surface area contributed by atoms with Gasteiger partial charge >= 0.3 is 0 Å². The first kappa shape index (κ1) is 11.6. The average Bonchev–Trinajstić information content (AvgIpc) is 2.35. The Kier molecular flexibility index (Phi) is 3.13. The van der Waals surface area contributed by atoms with E-state index in [1.165, 1.54) is 0 Å². The van der Waals surface area contributed by atoms with Crippen LogP contribution < -0.4 is 5.32 Å². The van der Waals surface area contributed by atoms with Crippen LogP contribution in [0.2, 0.25) is 0 Å². The Morgan fingerprint density at radius 2 is 1.94 bits per heavy atom. The zero-order valence-electron chi connectivity index (χ0n) is 10.0. The molecule has 0 saturated carbocycles. The van der Waals surface area contributed by atoms with Crippen LogP contribution >= 0.6 is 0 Å². The molecule has 4 heteroatoms. The molecule has 1 aliphatic rings. The summed E-state index contributed by atoms with van der Waals surface area (Å²) in [5.41, 5.74) is 1.04. The summed E-state index contributed by atoms with van der Waals surface area (Å²) in [6.07, 6.45) is 0. The van der Waals surface area contributed by atoms with Crippen LogP contribution in [-0.4, -0.2) is 29.3 Å². The lowest BCUT2D eigenvalue weighted by atomic mass is 10.0. The van der Waals surface area contributed by atoms with Crippen LogP contribution in [0.25, 0.3) is 0 Å². The lowest BCUT2D eigenvalue weighted by Gasteiger charge is -2.37. The molecule has 0 spiro atoms. The van der Waals surface area contributed by atoms with Gasteiger partial charge in [-0.3, -0.25) is 9.59 Å². The minimum atomic E-state index is -0.411. The maximum absolute atomic E-state index is 11.9. The van der Waals surface area contributed by atoms with Crippen LogP contribution in [0.5, 0.6) is 0 Å². The van der Waals surface area contributed by atoms with Gasteiger partial charge in [0.2, 0.25) is 11.8 Å². The number of rotatable bonds is 2. The number of hydrogen-bond acceptors (Lipinski definition) is 2. The molecular weight excluding hydrogens is 216 g/mol. The fourth-order valence-corrected chi connectivity index (χ4v) is 2.19. The molecule has 1 heterocycles. The van der Waals surface area contributed by atoms with Gasteiger partial charge in [-0.05, 0) is 19.4 Å². The Balaban J connectivity index is 2.26. The van der Waals surface area contributed by atoms with E-state index in [4.69, 9.17) is 0 Å². The summed E-state index contributed by atoms with van der Waals surface area (Å²) < 4.78 is 0. The SMILES string of the molecule is CC1C(=O)NCC(=O)N1C(C)c1ccccc1.